The fourth-order valence-corrected chi connectivity index (χ4v) is 4.60. The molecule has 0 saturated heterocycles. The molecule has 1 heterocycles. The molecule has 0 spiro atoms. The van der Waals surface area contributed by atoms with Gasteiger partial charge in [0.1, 0.15) is 5.75 Å². The van der Waals surface area contributed by atoms with Gasteiger partial charge in [-0.05, 0) is 38.5 Å². The number of unbranched alkanes of at least 4 members (excludes halogenated alkanes) is 15. The lowest BCUT2D eigenvalue weighted by molar-refractivity contribution is 0.0954. The van der Waals surface area contributed by atoms with Crippen LogP contribution >= 0.6 is 0 Å². The number of carbonyl (C=O) groups excluding carboxylic acids is 1. The molecule has 2 N–H and O–H groups in total. The van der Waals surface area contributed by atoms with Crippen LogP contribution in [0.5, 0.6) is 5.75 Å². The lowest BCUT2D eigenvalue weighted by atomic mass is 10.0. The molecule has 192 valence electrons. The second-order valence-corrected chi connectivity index (χ2v) is 10.1. The Balaban J connectivity index is 1.46. The molecular formula is C30H50N2O2. The largest absolute Gasteiger partial charge is 0.491 e. The first-order valence-corrected chi connectivity index (χ1v) is 14.2. The monoisotopic (exact) mass is 470 g/mol. The molecule has 0 aliphatic carbocycles. The Kier molecular flexibility index (Phi) is 14.5. The number of aromatic amines is 1. The summed E-state index contributed by atoms with van der Waals surface area (Å²) in [5, 5.41) is 4.01. The van der Waals surface area contributed by atoms with Crippen LogP contribution in [0.3, 0.4) is 0 Å². The van der Waals surface area contributed by atoms with Gasteiger partial charge in [0.05, 0.1) is 11.7 Å². The number of H-pyrrole nitrogens is 1. The SMILES string of the molecule is CCCCCCCCCCCCCCCCCCNC(=O)c1c[nH]c2ccc(OC(C)C)cc12. The highest BCUT2D eigenvalue weighted by Crippen LogP contribution is 2.24. The Morgan fingerprint density at radius 2 is 1.35 bits per heavy atom. The standard InChI is InChI=1S/C30H50N2O2/c1-4-5-6-7-8-9-10-11-12-13-14-15-16-17-18-19-22-31-30(33)28-24-32-29-21-20-26(23-27(28)29)34-25(2)3/h20-21,23-25,32H,4-19,22H2,1-3H3,(H,31,33). The molecule has 0 aliphatic heterocycles. The van der Waals surface area contributed by atoms with Crippen molar-refractivity contribution in [2.24, 2.45) is 0 Å². The zero-order valence-corrected chi connectivity index (χ0v) is 22.2. The third-order valence-corrected chi connectivity index (χ3v) is 6.59. The predicted molar refractivity (Wildman–Crippen MR) is 146 cm³/mol. The van der Waals surface area contributed by atoms with Gasteiger partial charge in [-0.25, -0.2) is 0 Å². The van der Waals surface area contributed by atoms with Gasteiger partial charge in [-0.1, -0.05) is 103 Å². The third kappa shape index (κ3) is 11.4. The van der Waals surface area contributed by atoms with Crippen molar-refractivity contribution in [1.29, 1.82) is 0 Å². The molecular weight excluding hydrogens is 420 g/mol. The summed E-state index contributed by atoms with van der Waals surface area (Å²) in [6.07, 6.45) is 23.7. The van der Waals surface area contributed by atoms with Crippen molar-refractivity contribution in [2.75, 3.05) is 6.54 Å². The van der Waals surface area contributed by atoms with Crippen LogP contribution in [0, 0.1) is 0 Å². The van der Waals surface area contributed by atoms with E-state index in [9.17, 15) is 4.79 Å². The van der Waals surface area contributed by atoms with E-state index in [2.05, 4.69) is 17.2 Å². The predicted octanol–water partition coefficient (Wildman–Crippen LogP) is 8.95. The van der Waals surface area contributed by atoms with E-state index in [-0.39, 0.29) is 12.0 Å². The van der Waals surface area contributed by atoms with Crippen molar-refractivity contribution < 1.29 is 9.53 Å². The second kappa shape index (κ2) is 17.5. The highest BCUT2D eigenvalue weighted by atomic mass is 16.5. The van der Waals surface area contributed by atoms with Crippen LogP contribution in [0.15, 0.2) is 24.4 Å². The number of benzene rings is 1. The summed E-state index contributed by atoms with van der Waals surface area (Å²) in [6.45, 7) is 7.04. The molecule has 0 radical (unpaired) electrons. The van der Waals surface area contributed by atoms with Crippen LogP contribution in [0.4, 0.5) is 0 Å². The summed E-state index contributed by atoms with van der Waals surface area (Å²) >= 11 is 0. The summed E-state index contributed by atoms with van der Waals surface area (Å²) in [5.41, 5.74) is 1.66. The fourth-order valence-electron chi connectivity index (χ4n) is 4.60. The number of nitrogens with one attached hydrogen (secondary N) is 2. The molecule has 4 nitrogen and oxygen atoms in total. The van der Waals surface area contributed by atoms with E-state index in [1.807, 2.05) is 32.0 Å². The van der Waals surface area contributed by atoms with Gasteiger partial charge < -0.3 is 15.0 Å². The van der Waals surface area contributed by atoms with E-state index < -0.39 is 0 Å². The summed E-state index contributed by atoms with van der Waals surface area (Å²) in [6, 6.07) is 5.87. The molecule has 0 atom stereocenters. The summed E-state index contributed by atoms with van der Waals surface area (Å²) in [4.78, 5) is 15.8. The van der Waals surface area contributed by atoms with Crippen molar-refractivity contribution in [2.45, 2.75) is 130 Å². The second-order valence-electron chi connectivity index (χ2n) is 10.1. The van der Waals surface area contributed by atoms with E-state index in [0.717, 1.165) is 29.6 Å². The number of amides is 1. The zero-order chi connectivity index (χ0) is 24.4. The molecule has 2 rings (SSSR count). The molecule has 0 aliphatic rings. The highest BCUT2D eigenvalue weighted by molar-refractivity contribution is 6.07. The van der Waals surface area contributed by atoms with Crippen LogP contribution in [0.1, 0.15) is 134 Å². The number of rotatable bonds is 20. The maximum Gasteiger partial charge on any atom is 0.253 e. The Morgan fingerprint density at radius 1 is 0.824 bits per heavy atom. The molecule has 0 fully saturated rings. The first-order valence-electron chi connectivity index (χ1n) is 14.2. The lowest BCUT2D eigenvalue weighted by Crippen LogP contribution is -2.24. The molecule has 4 heteroatoms. The van der Waals surface area contributed by atoms with E-state index >= 15 is 0 Å². The highest BCUT2D eigenvalue weighted by Gasteiger charge is 2.12. The van der Waals surface area contributed by atoms with Crippen molar-refractivity contribution in [1.82, 2.24) is 10.3 Å². The van der Waals surface area contributed by atoms with Crippen molar-refractivity contribution >= 4 is 16.8 Å². The molecule has 0 bridgehead atoms. The minimum absolute atomic E-state index is 0.00564. The van der Waals surface area contributed by atoms with Gasteiger partial charge in [0.2, 0.25) is 0 Å². The molecule has 1 aromatic carbocycles. The minimum Gasteiger partial charge on any atom is -0.491 e. The normalized spacial score (nSPS) is 11.4. The van der Waals surface area contributed by atoms with Gasteiger partial charge >= 0.3 is 0 Å². The van der Waals surface area contributed by atoms with E-state index in [4.69, 9.17) is 4.74 Å². The van der Waals surface area contributed by atoms with Crippen molar-refractivity contribution in [3.05, 3.63) is 30.0 Å². The van der Waals surface area contributed by atoms with Crippen LogP contribution in [-0.2, 0) is 0 Å². The molecule has 0 saturated carbocycles. The van der Waals surface area contributed by atoms with Gasteiger partial charge in [-0.3, -0.25) is 4.79 Å². The number of ether oxygens (including phenoxy) is 1. The van der Waals surface area contributed by atoms with Crippen LogP contribution in [0.25, 0.3) is 10.9 Å². The minimum atomic E-state index is -0.00564. The van der Waals surface area contributed by atoms with Crippen LogP contribution in [0.2, 0.25) is 0 Å². The number of fused-ring (bicyclic) bond motifs is 1. The Labute approximate surface area is 208 Å². The van der Waals surface area contributed by atoms with Gasteiger partial charge in [0.25, 0.3) is 5.91 Å². The first-order chi connectivity index (χ1) is 16.6. The number of hydrogen-bond donors (Lipinski definition) is 2. The Hall–Kier alpha value is -1.97. The number of hydrogen-bond acceptors (Lipinski definition) is 2. The average Bonchev–Trinajstić information content (AvgIpc) is 3.24. The number of aromatic nitrogens is 1. The van der Waals surface area contributed by atoms with Crippen molar-refractivity contribution in [3.63, 3.8) is 0 Å². The zero-order valence-electron chi connectivity index (χ0n) is 22.2. The summed E-state index contributed by atoms with van der Waals surface area (Å²) in [7, 11) is 0. The molecule has 34 heavy (non-hydrogen) atoms. The van der Waals surface area contributed by atoms with Crippen molar-refractivity contribution in [3.8, 4) is 5.75 Å². The third-order valence-electron chi connectivity index (χ3n) is 6.59. The molecule has 1 amide bonds. The molecule has 2 aromatic rings. The van der Waals surface area contributed by atoms with E-state index in [0.29, 0.717) is 5.56 Å². The van der Waals surface area contributed by atoms with Gasteiger partial charge in [-0.15, -0.1) is 0 Å². The lowest BCUT2D eigenvalue weighted by Gasteiger charge is -2.10. The number of carbonyl (C=O) groups is 1. The smallest absolute Gasteiger partial charge is 0.253 e. The van der Waals surface area contributed by atoms with Crippen LogP contribution in [-0.4, -0.2) is 23.5 Å². The summed E-state index contributed by atoms with van der Waals surface area (Å²) in [5.74, 6) is 0.794. The maximum atomic E-state index is 12.6. The molecule has 0 unspecified atom stereocenters. The van der Waals surface area contributed by atoms with Crippen LogP contribution < -0.4 is 10.1 Å². The summed E-state index contributed by atoms with van der Waals surface area (Å²) < 4.78 is 5.78. The Bertz CT molecular complexity index is 796. The van der Waals surface area contributed by atoms with Gasteiger partial charge in [-0.2, -0.15) is 0 Å². The van der Waals surface area contributed by atoms with E-state index in [1.165, 1.54) is 96.3 Å². The maximum absolute atomic E-state index is 12.6. The topological polar surface area (TPSA) is 54.1 Å². The Morgan fingerprint density at radius 3 is 1.88 bits per heavy atom. The van der Waals surface area contributed by atoms with Gasteiger partial charge in [0.15, 0.2) is 0 Å². The fraction of sp³-hybridized carbons (Fsp3) is 0.700. The quantitative estimate of drug-likeness (QED) is 0.190. The molecule has 1 aromatic heterocycles. The van der Waals surface area contributed by atoms with E-state index in [1.54, 1.807) is 6.20 Å². The van der Waals surface area contributed by atoms with Gasteiger partial charge in [0, 0.05) is 23.6 Å². The average molecular weight is 471 g/mol. The first kappa shape index (κ1) is 28.3.